The van der Waals surface area contributed by atoms with Crippen LogP contribution in [0, 0.1) is 0 Å². The summed E-state index contributed by atoms with van der Waals surface area (Å²) in [5.41, 5.74) is 1.71. The lowest BCUT2D eigenvalue weighted by Gasteiger charge is -2.04. The summed E-state index contributed by atoms with van der Waals surface area (Å²) in [7, 11) is 0. The highest BCUT2D eigenvalue weighted by atomic mass is 32.2. The molecule has 0 bridgehead atoms. The molecule has 3 rings (SSSR count). The van der Waals surface area contributed by atoms with E-state index < -0.39 is 0 Å². The first-order chi connectivity index (χ1) is 10.8. The predicted octanol–water partition coefficient (Wildman–Crippen LogP) is 4.17. The van der Waals surface area contributed by atoms with E-state index >= 15 is 0 Å². The van der Waals surface area contributed by atoms with Gasteiger partial charge in [-0.05, 0) is 31.0 Å². The Kier molecular flexibility index (Phi) is 4.63. The number of unbranched alkanes of at least 4 members (excludes halogenated alkanes) is 2. The van der Waals surface area contributed by atoms with Crippen molar-refractivity contribution in [1.82, 2.24) is 9.38 Å². The summed E-state index contributed by atoms with van der Waals surface area (Å²) in [4.78, 5) is 17.0. The number of rotatable bonds is 6. The van der Waals surface area contributed by atoms with Crippen molar-refractivity contribution in [3.8, 4) is 0 Å². The molecule has 22 heavy (non-hydrogen) atoms. The molecule has 0 aromatic carbocycles. The summed E-state index contributed by atoms with van der Waals surface area (Å²) in [5, 5.41) is 1.08. The summed E-state index contributed by atoms with van der Waals surface area (Å²) in [6, 6.07) is 9.32. The lowest BCUT2D eigenvalue weighted by Crippen LogP contribution is -1.96. The third-order valence-electron chi connectivity index (χ3n) is 3.46. The molecular formula is C17H18N2O2S. The smallest absolute Gasteiger partial charge is 0.336 e. The normalized spacial score (nSPS) is 11.1. The molecule has 0 unspecified atom stereocenters. The van der Waals surface area contributed by atoms with E-state index in [4.69, 9.17) is 9.40 Å². The molecule has 0 spiro atoms. The van der Waals surface area contributed by atoms with Gasteiger partial charge in [0, 0.05) is 17.2 Å². The van der Waals surface area contributed by atoms with E-state index in [0.717, 1.165) is 34.1 Å². The van der Waals surface area contributed by atoms with Gasteiger partial charge in [0.25, 0.3) is 0 Å². The third-order valence-corrected chi connectivity index (χ3v) is 4.58. The van der Waals surface area contributed by atoms with Crippen LogP contribution in [0.15, 0.2) is 61.9 Å². The van der Waals surface area contributed by atoms with Gasteiger partial charge in [0.15, 0.2) is 0 Å². The van der Waals surface area contributed by atoms with E-state index in [1.807, 2.05) is 30.5 Å². The average Bonchev–Trinajstić information content (AvgIpc) is 2.86. The zero-order valence-electron chi connectivity index (χ0n) is 12.5. The Morgan fingerprint density at radius 2 is 2.18 bits per heavy atom. The van der Waals surface area contributed by atoms with Crippen molar-refractivity contribution in [2.75, 3.05) is 0 Å². The molecule has 3 heterocycles. The van der Waals surface area contributed by atoms with Crippen LogP contribution in [-0.2, 0) is 6.42 Å². The Labute approximate surface area is 133 Å². The highest BCUT2D eigenvalue weighted by Gasteiger charge is 2.13. The van der Waals surface area contributed by atoms with Crippen LogP contribution >= 0.6 is 11.8 Å². The van der Waals surface area contributed by atoms with Crippen molar-refractivity contribution in [3.63, 3.8) is 0 Å². The van der Waals surface area contributed by atoms with Gasteiger partial charge in [-0.1, -0.05) is 37.6 Å². The van der Waals surface area contributed by atoms with E-state index in [9.17, 15) is 4.79 Å². The van der Waals surface area contributed by atoms with E-state index in [1.54, 1.807) is 11.8 Å². The van der Waals surface area contributed by atoms with Gasteiger partial charge in [0.2, 0.25) is 0 Å². The first-order valence-corrected chi connectivity index (χ1v) is 8.32. The van der Waals surface area contributed by atoms with Crippen LogP contribution in [0.4, 0.5) is 0 Å². The maximum absolute atomic E-state index is 11.4. The van der Waals surface area contributed by atoms with Crippen LogP contribution in [0.5, 0.6) is 0 Å². The van der Waals surface area contributed by atoms with Crippen molar-refractivity contribution in [2.45, 2.75) is 42.5 Å². The quantitative estimate of drug-likeness (QED) is 0.641. The second-order valence-electron chi connectivity index (χ2n) is 5.14. The van der Waals surface area contributed by atoms with Crippen LogP contribution in [0.2, 0.25) is 0 Å². The molecule has 0 radical (unpaired) electrons. The minimum atomic E-state index is -0.327. The Morgan fingerprint density at radius 1 is 1.27 bits per heavy atom. The van der Waals surface area contributed by atoms with E-state index in [-0.39, 0.29) is 5.63 Å². The van der Waals surface area contributed by atoms with Crippen LogP contribution in [0.25, 0.3) is 5.65 Å². The highest BCUT2D eigenvalue weighted by molar-refractivity contribution is 7.99. The van der Waals surface area contributed by atoms with E-state index in [2.05, 4.69) is 11.3 Å². The molecule has 0 saturated heterocycles. The lowest BCUT2D eigenvalue weighted by molar-refractivity contribution is 0.506. The fourth-order valence-corrected chi connectivity index (χ4v) is 3.40. The fourth-order valence-electron chi connectivity index (χ4n) is 2.38. The molecule has 3 aromatic heterocycles. The molecule has 0 aliphatic carbocycles. The first kappa shape index (κ1) is 14.9. The van der Waals surface area contributed by atoms with Gasteiger partial charge in [0.1, 0.15) is 10.7 Å². The predicted molar refractivity (Wildman–Crippen MR) is 87.5 cm³/mol. The molecular weight excluding hydrogens is 296 g/mol. The molecule has 5 heteroatoms. The van der Waals surface area contributed by atoms with Crippen molar-refractivity contribution < 1.29 is 4.42 Å². The van der Waals surface area contributed by atoms with Crippen molar-refractivity contribution in [3.05, 3.63) is 58.9 Å². The van der Waals surface area contributed by atoms with E-state index in [1.165, 1.54) is 25.2 Å². The number of pyridine rings is 1. The summed E-state index contributed by atoms with van der Waals surface area (Å²) >= 11 is 1.56. The monoisotopic (exact) mass is 314 g/mol. The molecule has 0 atom stereocenters. The molecule has 0 amide bonds. The van der Waals surface area contributed by atoms with Gasteiger partial charge in [-0.2, -0.15) is 0 Å². The minimum absolute atomic E-state index is 0.327. The number of hydrogen-bond donors (Lipinski definition) is 0. The minimum Gasteiger partial charge on any atom is -0.431 e. The summed E-state index contributed by atoms with van der Waals surface area (Å²) in [6.07, 6.45) is 7.93. The number of imidazole rings is 1. The molecule has 4 nitrogen and oxygen atoms in total. The largest absolute Gasteiger partial charge is 0.431 e. The molecule has 3 aromatic rings. The third kappa shape index (κ3) is 3.25. The van der Waals surface area contributed by atoms with Crippen LogP contribution in [0.1, 0.15) is 31.9 Å². The Balaban J connectivity index is 1.97. The van der Waals surface area contributed by atoms with Crippen molar-refractivity contribution in [1.29, 1.82) is 0 Å². The van der Waals surface area contributed by atoms with Crippen molar-refractivity contribution in [2.24, 2.45) is 0 Å². The number of aryl methyl sites for hydroxylation is 1. The van der Waals surface area contributed by atoms with Gasteiger partial charge in [-0.25, -0.2) is 9.78 Å². The summed E-state index contributed by atoms with van der Waals surface area (Å²) in [6.45, 7) is 2.20. The van der Waals surface area contributed by atoms with Crippen molar-refractivity contribution >= 4 is 17.4 Å². The molecule has 0 saturated carbocycles. The lowest BCUT2D eigenvalue weighted by atomic mass is 10.2. The number of nitrogens with zero attached hydrogens (tertiary/aromatic N) is 2. The van der Waals surface area contributed by atoms with Crippen LogP contribution in [0.3, 0.4) is 0 Å². The van der Waals surface area contributed by atoms with Gasteiger partial charge < -0.3 is 4.42 Å². The Bertz CT molecular complexity index is 823. The standard InChI is InChI=1S/C17H18N2O2S/c1-2-3-4-7-14-17(19-10-6-5-8-15(19)18-14)22-13-9-11-21-16(20)12-13/h5-6,8-12H,2-4,7H2,1H3. The fraction of sp³-hybridized carbons (Fsp3) is 0.294. The second kappa shape index (κ2) is 6.83. The van der Waals surface area contributed by atoms with E-state index in [0.29, 0.717) is 0 Å². The molecule has 0 fully saturated rings. The number of aromatic nitrogens is 2. The first-order valence-electron chi connectivity index (χ1n) is 7.50. The molecule has 0 aliphatic heterocycles. The number of fused-ring (bicyclic) bond motifs is 1. The van der Waals surface area contributed by atoms with Gasteiger partial charge in [0.05, 0.1) is 12.0 Å². The molecule has 0 N–H and O–H groups in total. The van der Waals surface area contributed by atoms with Crippen LogP contribution < -0.4 is 5.63 Å². The molecule has 0 aliphatic rings. The second-order valence-corrected chi connectivity index (χ2v) is 6.20. The average molecular weight is 314 g/mol. The maximum Gasteiger partial charge on any atom is 0.336 e. The van der Waals surface area contributed by atoms with Gasteiger partial charge in [-0.3, -0.25) is 4.40 Å². The van der Waals surface area contributed by atoms with Gasteiger partial charge in [-0.15, -0.1) is 0 Å². The zero-order chi connectivity index (χ0) is 15.4. The maximum atomic E-state index is 11.4. The number of hydrogen-bond acceptors (Lipinski definition) is 4. The SMILES string of the molecule is CCCCCc1nc2ccccn2c1Sc1ccoc(=O)c1. The van der Waals surface area contributed by atoms with Crippen LogP contribution in [-0.4, -0.2) is 9.38 Å². The highest BCUT2D eigenvalue weighted by Crippen LogP contribution is 2.31. The summed E-state index contributed by atoms with van der Waals surface area (Å²) in [5.74, 6) is 0. The topological polar surface area (TPSA) is 47.5 Å². The summed E-state index contributed by atoms with van der Waals surface area (Å²) < 4.78 is 6.88. The Morgan fingerprint density at radius 3 is 3.00 bits per heavy atom. The Hall–Kier alpha value is -2.01. The molecule has 114 valence electrons. The zero-order valence-corrected chi connectivity index (χ0v) is 13.3. The van der Waals surface area contributed by atoms with Gasteiger partial charge >= 0.3 is 5.63 Å².